The van der Waals surface area contributed by atoms with Crippen LogP contribution >= 0.6 is 0 Å². The van der Waals surface area contributed by atoms with Crippen LogP contribution in [0.2, 0.25) is 0 Å². The maximum absolute atomic E-state index is 12.8. The summed E-state index contributed by atoms with van der Waals surface area (Å²) in [4.78, 5) is 40.2. The SMILES string of the molecule is C=CCNC(=O)c1cnc(Nc2ccc(C3CN4CCC3CC4)cc2)nc1Nc1cccc(C(C)(C)N=O)n1. The minimum absolute atomic E-state index is 0.250. The molecule has 39 heavy (non-hydrogen) atoms. The standard InChI is InChI=1S/C29H34N8O2/c1-4-14-30-27(38)22-17-31-28(35-26(22)34-25-7-5-6-24(33-25)29(2,3)36-39)32-21-10-8-19(9-11-21)23-18-37-15-12-20(23)13-16-37/h4-11,17,20,23H,1,12-16,18H2,2-3H3,(H,30,38)(H2,31,32,33,34,35). The number of fused-ring (bicyclic) bond motifs is 3. The van der Waals surface area contributed by atoms with Gasteiger partial charge in [-0.15, -0.1) is 11.5 Å². The third-order valence-electron chi connectivity index (χ3n) is 7.54. The van der Waals surface area contributed by atoms with Crippen LogP contribution in [-0.2, 0) is 5.54 Å². The molecule has 3 saturated heterocycles. The largest absolute Gasteiger partial charge is 0.348 e. The van der Waals surface area contributed by atoms with E-state index in [9.17, 15) is 9.70 Å². The molecule has 5 heterocycles. The van der Waals surface area contributed by atoms with Crippen LogP contribution < -0.4 is 16.0 Å². The van der Waals surface area contributed by atoms with Crippen LogP contribution in [-0.4, -0.2) is 51.9 Å². The first kappa shape index (κ1) is 26.4. The number of piperidine rings is 3. The highest BCUT2D eigenvalue weighted by Crippen LogP contribution is 2.39. The van der Waals surface area contributed by atoms with Gasteiger partial charge in [-0.3, -0.25) is 4.79 Å². The zero-order valence-electron chi connectivity index (χ0n) is 22.4. The minimum Gasteiger partial charge on any atom is -0.348 e. The number of rotatable bonds is 10. The molecule has 202 valence electrons. The third kappa shape index (κ3) is 5.96. The molecular weight excluding hydrogens is 492 g/mol. The minimum atomic E-state index is -0.999. The molecule has 3 N–H and O–H groups in total. The molecule has 0 aliphatic carbocycles. The van der Waals surface area contributed by atoms with E-state index in [1.165, 1.54) is 37.7 Å². The van der Waals surface area contributed by atoms with E-state index in [1.807, 2.05) is 12.1 Å². The number of pyridine rings is 1. The first-order valence-corrected chi connectivity index (χ1v) is 13.3. The number of nitroso groups, excluding NO2 is 1. The summed E-state index contributed by atoms with van der Waals surface area (Å²) in [5.41, 5.74) is 1.97. The summed E-state index contributed by atoms with van der Waals surface area (Å²) in [6.45, 7) is 10.9. The lowest BCUT2D eigenvalue weighted by Crippen LogP contribution is -2.46. The summed E-state index contributed by atoms with van der Waals surface area (Å²) >= 11 is 0. The van der Waals surface area contributed by atoms with Crippen LogP contribution in [0.1, 0.15) is 54.2 Å². The average Bonchev–Trinajstić information content (AvgIpc) is 2.97. The second-order valence-electron chi connectivity index (χ2n) is 10.6. The Balaban J connectivity index is 1.37. The fourth-order valence-corrected chi connectivity index (χ4v) is 5.26. The smallest absolute Gasteiger partial charge is 0.256 e. The zero-order valence-corrected chi connectivity index (χ0v) is 22.4. The van der Waals surface area contributed by atoms with Gasteiger partial charge in [0.25, 0.3) is 5.91 Å². The second-order valence-corrected chi connectivity index (χ2v) is 10.6. The Kier molecular flexibility index (Phi) is 7.65. The highest BCUT2D eigenvalue weighted by molar-refractivity contribution is 5.99. The predicted molar refractivity (Wildman–Crippen MR) is 153 cm³/mol. The number of nitrogens with one attached hydrogen (secondary N) is 3. The predicted octanol–water partition coefficient (Wildman–Crippen LogP) is 5.09. The van der Waals surface area contributed by atoms with Crippen LogP contribution in [0.3, 0.4) is 0 Å². The van der Waals surface area contributed by atoms with Crippen molar-refractivity contribution in [2.45, 2.75) is 38.1 Å². The first-order valence-electron chi connectivity index (χ1n) is 13.3. The summed E-state index contributed by atoms with van der Waals surface area (Å²) in [5.74, 6) is 2.04. The molecule has 1 unspecified atom stereocenters. The van der Waals surface area contributed by atoms with E-state index in [2.05, 4.69) is 59.7 Å². The van der Waals surface area contributed by atoms with Crippen molar-refractivity contribution in [3.8, 4) is 0 Å². The van der Waals surface area contributed by atoms with Crippen molar-refractivity contribution in [3.05, 3.63) is 83.0 Å². The number of nitrogens with zero attached hydrogens (tertiary/aromatic N) is 5. The summed E-state index contributed by atoms with van der Waals surface area (Å²) < 4.78 is 0. The van der Waals surface area contributed by atoms with Crippen molar-refractivity contribution in [2.24, 2.45) is 11.1 Å². The Labute approximate surface area is 228 Å². The number of benzene rings is 1. The lowest BCUT2D eigenvalue weighted by atomic mass is 9.75. The molecule has 1 amide bonds. The van der Waals surface area contributed by atoms with E-state index < -0.39 is 5.54 Å². The van der Waals surface area contributed by atoms with Crippen LogP contribution in [0.5, 0.6) is 0 Å². The highest BCUT2D eigenvalue weighted by Gasteiger charge is 2.34. The molecule has 0 spiro atoms. The first-order chi connectivity index (χ1) is 18.9. The molecule has 3 aromatic rings. The molecule has 3 aliphatic heterocycles. The Morgan fingerprint density at radius 1 is 1.13 bits per heavy atom. The number of hydrogen-bond acceptors (Lipinski definition) is 9. The van der Waals surface area contributed by atoms with Crippen molar-refractivity contribution in [2.75, 3.05) is 36.8 Å². The van der Waals surface area contributed by atoms with Gasteiger partial charge in [-0.25, -0.2) is 9.97 Å². The Bertz CT molecular complexity index is 1350. The van der Waals surface area contributed by atoms with Crippen LogP contribution in [0, 0.1) is 10.8 Å². The Morgan fingerprint density at radius 3 is 2.56 bits per heavy atom. The highest BCUT2D eigenvalue weighted by atomic mass is 16.3. The van der Waals surface area contributed by atoms with Crippen LogP contribution in [0.15, 0.2) is 66.5 Å². The quantitative estimate of drug-likeness (QED) is 0.247. The maximum Gasteiger partial charge on any atom is 0.256 e. The number of hydrogen-bond donors (Lipinski definition) is 3. The topological polar surface area (TPSA) is 125 Å². The van der Waals surface area contributed by atoms with Gasteiger partial charge in [0.05, 0.1) is 5.69 Å². The summed E-state index contributed by atoms with van der Waals surface area (Å²) in [7, 11) is 0. The fourth-order valence-electron chi connectivity index (χ4n) is 5.26. The van der Waals surface area contributed by atoms with Crippen molar-refractivity contribution in [1.82, 2.24) is 25.2 Å². The van der Waals surface area contributed by atoms with Gasteiger partial charge in [0, 0.05) is 25.0 Å². The van der Waals surface area contributed by atoms with Gasteiger partial charge >= 0.3 is 0 Å². The molecule has 0 radical (unpaired) electrons. The van der Waals surface area contributed by atoms with E-state index in [-0.39, 0.29) is 17.3 Å². The zero-order chi connectivity index (χ0) is 27.4. The van der Waals surface area contributed by atoms with Crippen LogP contribution in [0.25, 0.3) is 0 Å². The lowest BCUT2D eigenvalue weighted by Gasteiger charge is -2.45. The molecule has 1 atom stereocenters. The van der Waals surface area contributed by atoms with Gasteiger partial charge in [-0.2, -0.15) is 4.98 Å². The molecule has 0 saturated carbocycles. The molecule has 3 fully saturated rings. The summed E-state index contributed by atoms with van der Waals surface area (Å²) in [6.07, 6.45) is 5.63. The van der Waals surface area contributed by atoms with Gasteiger partial charge in [-0.1, -0.05) is 29.5 Å². The van der Waals surface area contributed by atoms with Crippen molar-refractivity contribution < 1.29 is 4.79 Å². The third-order valence-corrected chi connectivity index (χ3v) is 7.54. The summed E-state index contributed by atoms with van der Waals surface area (Å²) in [5, 5.41) is 12.3. The number of amides is 1. The molecular formula is C29H34N8O2. The molecule has 2 aromatic heterocycles. The van der Waals surface area contributed by atoms with Gasteiger partial charge in [0.1, 0.15) is 22.7 Å². The number of carbonyl (C=O) groups is 1. The van der Waals surface area contributed by atoms with E-state index >= 15 is 0 Å². The van der Waals surface area contributed by atoms with Crippen LogP contribution in [0.4, 0.5) is 23.3 Å². The Morgan fingerprint density at radius 2 is 1.90 bits per heavy atom. The molecule has 6 rings (SSSR count). The molecule has 10 heteroatoms. The molecule has 1 aromatic carbocycles. The van der Waals surface area contributed by atoms with E-state index in [1.54, 1.807) is 38.1 Å². The molecule has 10 nitrogen and oxygen atoms in total. The Hall–Kier alpha value is -4.18. The number of aromatic nitrogens is 3. The van der Waals surface area contributed by atoms with E-state index in [0.29, 0.717) is 29.9 Å². The van der Waals surface area contributed by atoms with Gasteiger partial charge in [0.2, 0.25) is 5.95 Å². The van der Waals surface area contributed by atoms with Gasteiger partial charge in [0.15, 0.2) is 0 Å². The number of carbonyl (C=O) groups excluding carboxylic acids is 1. The van der Waals surface area contributed by atoms with Crippen molar-refractivity contribution in [3.63, 3.8) is 0 Å². The second kappa shape index (κ2) is 11.3. The molecule has 2 bridgehead atoms. The van der Waals surface area contributed by atoms with Gasteiger partial charge in [-0.05, 0) is 81.4 Å². The van der Waals surface area contributed by atoms with Crippen molar-refractivity contribution in [1.29, 1.82) is 0 Å². The average molecular weight is 527 g/mol. The van der Waals surface area contributed by atoms with Gasteiger partial charge < -0.3 is 20.9 Å². The molecule has 3 aliphatic rings. The van der Waals surface area contributed by atoms with E-state index in [4.69, 9.17) is 0 Å². The normalized spacial score (nSPS) is 20.2. The maximum atomic E-state index is 12.8. The lowest BCUT2D eigenvalue weighted by molar-refractivity contribution is 0.0871. The fraction of sp³-hybridized carbons (Fsp3) is 0.379. The number of anilines is 4. The monoisotopic (exact) mass is 526 g/mol. The summed E-state index contributed by atoms with van der Waals surface area (Å²) in [6, 6.07) is 13.7. The van der Waals surface area contributed by atoms with E-state index in [0.717, 1.165) is 18.2 Å². The van der Waals surface area contributed by atoms with Crippen molar-refractivity contribution >= 4 is 29.2 Å².